The van der Waals surface area contributed by atoms with Crippen molar-refractivity contribution in [2.75, 3.05) is 0 Å². The van der Waals surface area contributed by atoms with E-state index in [9.17, 15) is 19.2 Å². The largest absolute Gasteiger partial charge is 0.480 e. The molecular formula is C9H16N4O5. The summed E-state index contributed by atoms with van der Waals surface area (Å²) in [5, 5.41) is 13.1. The van der Waals surface area contributed by atoms with Gasteiger partial charge in [-0.05, 0) is 6.92 Å². The predicted molar refractivity (Wildman–Crippen MR) is 60.2 cm³/mol. The van der Waals surface area contributed by atoms with Crippen molar-refractivity contribution >= 4 is 23.8 Å². The first kappa shape index (κ1) is 15.7. The van der Waals surface area contributed by atoms with Gasteiger partial charge in [0.2, 0.25) is 11.8 Å². The maximum Gasteiger partial charge on any atom is 0.326 e. The van der Waals surface area contributed by atoms with E-state index < -0.39 is 42.3 Å². The van der Waals surface area contributed by atoms with Crippen molar-refractivity contribution in [1.29, 1.82) is 0 Å². The molecule has 7 N–H and O–H groups in total. The van der Waals surface area contributed by atoms with E-state index in [1.54, 1.807) is 0 Å². The summed E-state index contributed by atoms with van der Waals surface area (Å²) < 4.78 is 0. The standard InChI is InChI=1S/C9H16N4O5/c1-4(2-6(10)14)12-9(18)13-5(8(16)17)3-7(11)15/h4-5H,2-3H2,1H3,(H2,10,14)(H2,11,15)(H,16,17)(H2,12,13,18)/t4?,5-/m0/s1. The predicted octanol–water partition coefficient (Wildman–Crippen LogP) is -2.12. The van der Waals surface area contributed by atoms with Gasteiger partial charge in [0.05, 0.1) is 6.42 Å². The number of carboxylic acid groups (broad SMARTS) is 1. The van der Waals surface area contributed by atoms with Crippen LogP contribution >= 0.6 is 0 Å². The van der Waals surface area contributed by atoms with E-state index in [0.29, 0.717) is 0 Å². The molecule has 0 radical (unpaired) electrons. The summed E-state index contributed by atoms with van der Waals surface area (Å²) in [6, 6.07) is -2.79. The van der Waals surface area contributed by atoms with Gasteiger partial charge in [-0.1, -0.05) is 0 Å². The third kappa shape index (κ3) is 7.04. The van der Waals surface area contributed by atoms with Gasteiger partial charge in [-0.25, -0.2) is 9.59 Å². The zero-order valence-electron chi connectivity index (χ0n) is 9.80. The summed E-state index contributed by atoms with van der Waals surface area (Å²) in [6.45, 7) is 1.52. The molecule has 2 atom stereocenters. The fourth-order valence-corrected chi connectivity index (χ4v) is 1.18. The lowest BCUT2D eigenvalue weighted by Crippen LogP contribution is -2.50. The number of nitrogens with two attached hydrogens (primary N) is 2. The van der Waals surface area contributed by atoms with E-state index in [0.717, 1.165) is 0 Å². The Hall–Kier alpha value is -2.32. The molecule has 0 aromatic carbocycles. The molecule has 0 aliphatic carbocycles. The fraction of sp³-hybridized carbons (Fsp3) is 0.556. The zero-order chi connectivity index (χ0) is 14.3. The molecule has 18 heavy (non-hydrogen) atoms. The van der Waals surface area contributed by atoms with Crippen molar-refractivity contribution < 1.29 is 24.3 Å². The minimum Gasteiger partial charge on any atom is -0.480 e. The molecule has 0 heterocycles. The molecule has 102 valence electrons. The first-order chi connectivity index (χ1) is 8.22. The van der Waals surface area contributed by atoms with Gasteiger partial charge >= 0.3 is 12.0 Å². The molecular weight excluding hydrogens is 244 g/mol. The molecule has 0 fully saturated rings. The third-order valence-corrected chi connectivity index (χ3v) is 1.89. The third-order valence-electron chi connectivity index (χ3n) is 1.89. The number of carbonyl (C=O) groups is 4. The van der Waals surface area contributed by atoms with Gasteiger partial charge < -0.3 is 27.2 Å². The smallest absolute Gasteiger partial charge is 0.326 e. The van der Waals surface area contributed by atoms with Gasteiger partial charge in [0.15, 0.2) is 0 Å². The molecule has 0 aliphatic heterocycles. The summed E-state index contributed by atoms with van der Waals surface area (Å²) in [6.07, 6.45) is -0.603. The minimum absolute atomic E-state index is 0.0824. The molecule has 4 amide bonds. The number of rotatable bonds is 7. The van der Waals surface area contributed by atoms with Crippen molar-refractivity contribution in [2.24, 2.45) is 11.5 Å². The number of hydrogen-bond donors (Lipinski definition) is 5. The number of nitrogens with one attached hydrogen (secondary N) is 2. The quantitative estimate of drug-likeness (QED) is 0.352. The van der Waals surface area contributed by atoms with Crippen LogP contribution in [0.25, 0.3) is 0 Å². The van der Waals surface area contributed by atoms with Crippen LogP contribution in [0, 0.1) is 0 Å². The summed E-state index contributed by atoms with van der Waals surface area (Å²) in [5.41, 5.74) is 9.76. The van der Waals surface area contributed by atoms with Crippen LogP contribution in [0.5, 0.6) is 0 Å². The highest BCUT2D eigenvalue weighted by atomic mass is 16.4. The number of carboxylic acids is 1. The molecule has 0 aromatic heterocycles. The van der Waals surface area contributed by atoms with Crippen LogP contribution < -0.4 is 22.1 Å². The molecule has 9 heteroatoms. The average molecular weight is 260 g/mol. The van der Waals surface area contributed by atoms with Crippen molar-refractivity contribution in [3.63, 3.8) is 0 Å². The van der Waals surface area contributed by atoms with Crippen molar-refractivity contribution in [2.45, 2.75) is 31.8 Å². The maximum atomic E-state index is 11.3. The SMILES string of the molecule is CC(CC(N)=O)NC(=O)N[C@@H](CC(N)=O)C(=O)O. The molecule has 0 aromatic rings. The number of primary amides is 2. The first-order valence-corrected chi connectivity index (χ1v) is 5.08. The van der Waals surface area contributed by atoms with Crippen LogP contribution in [0.15, 0.2) is 0 Å². The molecule has 0 saturated carbocycles. The van der Waals surface area contributed by atoms with Crippen molar-refractivity contribution in [3.05, 3.63) is 0 Å². The van der Waals surface area contributed by atoms with E-state index in [4.69, 9.17) is 16.6 Å². The topological polar surface area (TPSA) is 165 Å². The number of amides is 4. The van der Waals surface area contributed by atoms with Crippen molar-refractivity contribution in [1.82, 2.24) is 10.6 Å². The van der Waals surface area contributed by atoms with Gasteiger partial charge in [0.25, 0.3) is 0 Å². The number of hydrogen-bond acceptors (Lipinski definition) is 4. The van der Waals surface area contributed by atoms with E-state index in [2.05, 4.69) is 5.32 Å². The number of urea groups is 1. The van der Waals surface area contributed by atoms with Gasteiger partial charge in [-0.2, -0.15) is 0 Å². The van der Waals surface area contributed by atoms with Crippen LogP contribution in [-0.2, 0) is 14.4 Å². The molecule has 0 spiro atoms. The molecule has 9 nitrogen and oxygen atoms in total. The summed E-state index contributed by atoms with van der Waals surface area (Å²) >= 11 is 0. The van der Waals surface area contributed by atoms with Gasteiger partial charge in [0, 0.05) is 12.5 Å². The number of carbonyl (C=O) groups excluding carboxylic acids is 3. The van der Waals surface area contributed by atoms with Crippen LogP contribution in [-0.4, -0.2) is 41.0 Å². The monoisotopic (exact) mass is 260 g/mol. The molecule has 0 bridgehead atoms. The zero-order valence-corrected chi connectivity index (χ0v) is 9.80. The van der Waals surface area contributed by atoms with Crippen LogP contribution in [0.1, 0.15) is 19.8 Å². The Balaban J connectivity index is 4.29. The van der Waals surface area contributed by atoms with E-state index in [1.807, 2.05) is 5.32 Å². The molecule has 0 saturated heterocycles. The fourth-order valence-electron chi connectivity index (χ4n) is 1.18. The Kier molecular flexibility index (Phi) is 6.18. The molecule has 0 aliphatic rings. The van der Waals surface area contributed by atoms with Crippen molar-refractivity contribution in [3.8, 4) is 0 Å². The van der Waals surface area contributed by atoms with Gasteiger partial charge in [-0.3, -0.25) is 9.59 Å². The minimum atomic E-state index is -1.41. The van der Waals surface area contributed by atoms with Gasteiger partial charge in [-0.15, -0.1) is 0 Å². The highest BCUT2D eigenvalue weighted by molar-refractivity contribution is 5.87. The van der Waals surface area contributed by atoms with E-state index in [-0.39, 0.29) is 6.42 Å². The summed E-state index contributed by atoms with van der Waals surface area (Å²) in [7, 11) is 0. The Labute approximate surface area is 103 Å². The second kappa shape index (κ2) is 7.09. The lowest BCUT2D eigenvalue weighted by Gasteiger charge is -2.16. The van der Waals surface area contributed by atoms with E-state index in [1.165, 1.54) is 6.92 Å². The lowest BCUT2D eigenvalue weighted by atomic mass is 10.2. The summed E-state index contributed by atoms with van der Waals surface area (Å²) in [4.78, 5) is 43.2. The maximum absolute atomic E-state index is 11.3. The molecule has 0 rings (SSSR count). The molecule has 1 unspecified atom stereocenters. The van der Waals surface area contributed by atoms with Crippen LogP contribution in [0.2, 0.25) is 0 Å². The Morgan fingerprint density at radius 2 is 1.56 bits per heavy atom. The second-order valence-electron chi connectivity index (χ2n) is 3.75. The Bertz CT molecular complexity index is 357. The number of aliphatic carboxylic acids is 1. The lowest BCUT2D eigenvalue weighted by molar-refractivity contribution is -0.140. The first-order valence-electron chi connectivity index (χ1n) is 5.08. The Morgan fingerprint density at radius 3 is 1.94 bits per heavy atom. The summed E-state index contributed by atoms with van der Waals surface area (Å²) in [5.74, 6) is -2.84. The highest BCUT2D eigenvalue weighted by Crippen LogP contribution is 1.93. The van der Waals surface area contributed by atoms with Crippen LogP contribution in [0.3, 0.4) is 0 Å². The normalized spacial score (nSPS) is 13.2. The Morgan fingerprint density at radius 1 is 1.06 bits per heavy atom. The van der Waals surface area contributed by atoms with Crippen LogP contribution in [0.4, 0.5) is 4.79 Å². The second-order valence-corrected chi connectivity index (χ2v) is 3.75. The average Bonchev–Trinajstić information content (AvgIpc) is 2.13. The van der Waals surface area contributed by atoms with E-state index >= 15 is 0 Å². The van der Waals surface area contributed by atoms with Gasteiger partial charge in [0.1, 0.15) is 6.04 Å². The highest BCUT2D eigenvalue weighted by Gasteiger charge is 2.22.